The fourth-order valence-electron chi connectivity index (χ4n) is 3.73. The maximum atomic E-state index is 13.1. The summed E-state index contributed by atoms with van der Waals surface area (Å²) in [6.07, 6.45) is 5.70. The Morgan fingerprint density at radius 1 is 0.762 bits per heavy atom. The molecule has 0 N–H and O–H groups in total. The van der Waals surface area contributed by atoms with Gasteiger partial charge in [0, 0.05) is 16.4 Å². The smallest absolute Gasteiger partial charge is 0.168 e. The topological polar surface area (TPSA) is 26.3 Å². The maximum Gasteiger partial charge on any atom is 0.168 e. The van der Waals surface area contributed by atoms with Crippen LogP contribution in [0.1, 0.15) is 87.0 Å². The van der Waals surface area contributed by atoms with Gasteiger partial charge >= 0.3 is 0 Å². The third-order valence-corrected chi connectivity index (χ3v) is 5.91. The Morgan fingerprint density at radius 2 is 1.10 bits per heavy atom. The zero-order valence-corrected chi connectivity index (χ0v) is 15.6. The minimum absolute atomic E-state index is 0.00451. The molecule has 0 atom stereocenters. The molecule has 0 aromatic heterocycles. The molecule has 0 fully saturated rings. The molecule has 0 bridgehead atoms. The first-order valence-corrected chi connectivity index (χ1v) is 8.68. The Morgan fingerprint density at radius 3 is 1.33 bits per heavy atom. The Labute approximate surface area is 132 Å². The average Bonchev–Trinajstić information content (AvgIpc) is 2.54. The van der Waals surface area contributed by atoms with E-state index in [0.717, 1.165) is 49.9 Å². The Kier molecular flexibility index (Phi) is 8.28. The molecule has 2 heteroatoms. The van der Waals surface area contributed by atoms with Gasteiger partial charge < -0.3 is 4.74 Å². The number of carbonyl (C=O) groups is 1. The number of rotatable bonds is 10. The van der Waals surface area contributed by atoms with Gasteiger partial charge in [0.15, 0.2) is 5.78 Å². The van der Waals surface area contributed by atoms with E-state index in [1.54, 1.807) is 7.11 Å². The predicted molar refractivity (Wildman–Crippen MR) is 91.3 cm³/mol. The summed E-state index contributed by atoms with van der Waals surface area (Å²) in [5.74, 6) is 1.20. The summed E-state index contributed by atoms with van der Waals surface area (Å²) in [7, 11) is 1.72. The van der Waals surface area contributed by atoms with E-state index in [1.807, 2.05) is 6.92 Å². The normalized spacial score (nSPS) is 13.9. The lowest BCUT2D eigenvalue weighted by atomic mass is 9.70. The zero-order valence-electron chi connectivity index (χ0n) is 15.6. The van der Waals surface area contributed by atoms with E-state index in [1.165, 1.54) is 0 Å². The first-order chi connectivity index (χ1) is 9.88. The van der Waals surface area contributed by atoms with Crippen LogP contribution in [0.4, 0.5) is 0 Å². The number of ether oxygens (including phenoxy) is 1. The van der Waals surface area contributed by atoms with Crippen LogP contribution in [-0.2, 0) is 9.53 Å². The van der Waals surface area contributed by atoms with Crippen LogP contribution in [0.15, 0.2) is 11.3 Å². The second-order valence-electron chi connectivity index (χ2n) is 6.17. The number of ketones is 1. The van der Waals surface area contributed by atoms with Crippen molar-refractivity contribution in [1.29, 1.82) is 0 Å². The summed E-state index contributed by atoms with van der Waals surface area (Å²) in [4.78, 5) is 13.1. The minimum Gasteiger partial charge on any atom is -0.500 e. The van der Waals surface area contributed by atoms with Crippen LogP contribution in [0, 0.1) is 10.8 Å². The molecule has 21 heavy (non-hydrogen) atoms. The van der Waals surface area contributed by atoms with Gasteiger partial charge in [-0.25, -0.2) is 0 Å². The molecule has 0 saturated heterocycles. The largest absolute Gasteiger partial charge is 0.500 e. The van der Waals surface area contributed by atoms with E-state index in [9.17, 15) is 4.79 Å². The molecule has 0 aromatic rings. The molecular formula is C19H36O2. The van der Waals surface area contributed by atoms with Crippen molar-refractivity contribution in [2.45, 2.75) is 87.0 Å². The van der Waals surface area contributed by atoms with Crippen molar-refractivity contribution in [1.82, 2.24) is 0 Å². The van der Waals surface area contributed by atoms with Crippen molar-refractivity contribution in [2.75, 3.05) is 7.11 Å². The standard InChI is InChI=1S/C19H36O2/c1-9-18(10-2,11-3)16(20)15(7)17(21-8)19(12-4,13-5)14-6/h9-14H2,1-8H3/b17-15-. The highest BCUT2D eigenvalue weighted by molar-refractivity contribution is 5.99. The van der Waals surface area contributed by atoms with Crippen molar-refractivity contribution in [3.63, 3.8) is 0 Å². The Hall–Kier alpha value is -0.790. The van der Waals surface area contributed by atoms with Crippen molar-refractivity contribution < 1.29 is 9.53 Å². The highest BCUT2D eigenvalue weighted by atomic mass is 16.5. The van der Waals surface area contributed by atoms with Crippen molar-refractivity contribution in [3.05, 3.63) is 11.3 Å². The van der Waals surface area contributed by atoms with E-state index in [4.69, 9.17) is 4.74 Å². The van der Waals surface area contributed by atoms with E-state index in [-0.39, 0.29) is 16.6 Å². The molecule has 0 aliphatic rings. The summed E-state index contributed by atoms with van der Waals surface area (Å²) in [5, 5.41) is 0. The minimum atomic E-state index is -0.227. The fourth-order valence-corrected chi connectivity index (χ4v) is 3.73. The lowest BCUT2D eigenvalue weighted by Crippen LogP contribution is -2.33. The molecule has 0 radical (unpaired) electrons. The number of allylic oxidation sites excluding steroid dienone is 2. The number of Topliss-reactive ketones (excluding diaryl/α,β-unsaturated/α-hetero) is 1. The monoisotopic (exact) mass is 296 g/mol. The summed E-state index contributed by atoms with van der Waals surface area (Å²) < 4.78 is 5.76. The quantitative estimate of drug-likeness (QED) is 0.370. The number of hydrogen-bond donors (Lipinski definition) is 0. The Balaban J connectivity index is 5.97. The van der Waals surface area contributed by atoms with Crippen LogP contribution in [0.3, 0.4) is 0 Å². The van der Waals surface area contributed by atoms with Gasteiger partial charge in [0.2, 0.25) is 0 Å². The van der Waals surface area contributed by atoms with Gasteiger partial charge in [-0.15, -0.1) is 0 Å². The van der Waals surface area contributed by atoms with Gasteiger partial charge in [-0.1, -0.05) is 41.5 Å². The van der Waals surface area contributed by atoms with Gasteiger partial charge in [-0.2, -0.15) is 0 Å². The first kappa shape index (κ1) is 20.2. The molecule has 0 saturated carbocycles. The summed E-state index contributed by atoms with van der Waals surface area (Å²) in [6, 6.07) is 0. The maximum absolute atomic E-state index is 13.1. The van der Waals surface area contributed by atoms with Crippen LogP contribution in [0.25, 0.3) is 0 Å². The van der Waals surface area contributed by atoms with Gasteiger partial charge in [0.25, 0.3) is 0 Å². The second kappa shape index (κ2) is 8.60. The molecular weight excluding hydrogens is 260 g/mol. The van der Waals surface area contributed by atoms with Crippen LogP contribution < -0.4 is 0 Å². The third-order valence-electron chi connectivity index (χ3n) is 5.91. The molecule has 0 amide bonds. The van der Waals surface area contributed by atoms with E-state index in [2.05, 4.69) is 41.5 Å². The highest BCUT2D eigenvalue weighted by Gasteiger charge is 2.39. The molecule has 0 aromatic carbocycles. The number of methoxy groups -OCH3 is 1. The van der Waals surface area contributed by atoms with Crippen molar-refractivity contribution in [3.8, 4) is 0 Å². The van der Waals surface area contributed by atoms with Crippen LogP contribution in [-0.4, -0.2) is 12.9 Å². The van der Waals surface area contributed by atoms with Crippen molar-refractivity contribution in [2.24, 2.45) is 10.8 Å². The molecule has 0 aliphatic heterocycles. The van der Waals surface area contributed by atoms with E-state index >= 15 is 0 Å². The average molecular weight is 296 g/mol. The summed E-state index contributed by atoms with van der Waals surface area (Å²) in [6.45, 7) is 14.9. The summed E-state index contributed by atoms with van der Waals surface area (Å²) in [5.41, 5.74) is 0.609. The van der Waals surface area contributed by atoms with E-state index in [0.29, 0.717) is 0 Å². The summed E-state index contributed by atoms with van der Waals surface area (Å²) >= 11 is 0. The Bertz CT molecular complexity index is 341. The van der Waals surface area contributed by atoms with Gasteiger partial charge in [0.05, 0.1) is 7.11 Å². The van der Waals surface area contributed by atoms with Gasteiger partial charge in [-0.05, 0) is 45.4 Å². The van der Waals surface area contributed by atoms with Gasteiger partial charge in [-0.3, -0.25) is 4.79 Å². The second-order valence-corrected chi connectivity index (χ2v) is 6.17. The molecule has 0 rings (SSSR count). The number of carbonyl (C=O) groups excluding carboxylic acids is 1. The van der Waals surface area contributed by atoms with Crippen molar-refractivity contribution >= 4 is 5.78 Å². The molecule has 124 valence electrons. The van der Waals surface area contributed by atoms with E-state index < -0.39 is 0 Å². The molecule has 0 heterocycles. The van der Waals surface area contributed by atoms with Crippen LogP contribution in [0.5, 0.6) is 0 Å². The van der Waals surface area contributed by atoms with Gasteiger partial charge in [0.1, 0.15) is 5.76 Å². The van der Waals surface area contributed by atoms with Crippen LogP contribution in [0.2, 0.25) is 0 Å². The first-order valence-electron chi connectivity index (χ1n) is 8.68. The molecule has 2 nitrogen and oxygen atoms in total. The molecule has 0 aliphatic carbocycles. The molecule has 0 spiro atoms. The lowest BCUT2D eigenvalue weighted by Gasteiger charge is -2.36. The third kappa shape index (κ3) is 3.70. The lowest BCUT2D eigenvalue weighted by molar-refractivity contribution is -0.126. The fraction of sp³-hybridized carbons (Fsp3) is 0.842. The SMILES string of the molecule is CCC(CC)(CC)C(=O)/C(C)=C(\OC)C(CC)(CC)CC. The number of hydrogen-bond acceptors (Lipinski definition) is 2. The predicted octanol–water partition coefficient (Wildman–Crippen LogP) is 5.91. The van der Waals surface area contributed by atoms with Crippen LogP contribution >= 0.6 is 0 Å². The zero-order chi connectivity index (χ0) is 16.7. The highest BCUT2D eigenvalue weighted by Crippen LogP contribution is 2.43. The molecule has 0 unspecified atom stereocenters.